The van der Waals surface area contributed by atoms with E-state index in [9.17, 15) is 0 Å². The minimum absolute atomic E-state index is 0. The fraction of sp³-hybridized carbons (Fsp3) is 0.500. The van der Waals surface area contributed by atoms with Crippen molar-refractivity contribution in [1.82, 2.24) is 5.32 Å². The van der Waals surface area contributed by atoms with Crippen molar-refractivity contribution in [1.29, 1.82) is 0 Å². The molecule has 1 aliphatic rings. The second-order valence-electron chi connectivity index (χ2n) is 4.55. The van der Waals surface area contributed by atoms with Crippen LogP contribution in [-0.2, 0) is 13.0 Å². The van der Waals surface area contributed by atoms with Crippen LogP contribution in [0.25, 0.3) is 0 Å². The Hall–Kier alpha value is -0.730. The van der Waals surface area contributed by atoms with Crippen molar-refractivity contribution < 1.29 is 4.74 Å². The van der Waals surface area contributed by atoms with Crippen molar-refractivity contribution in [2.24, 2.45) is 0 Å². The molecule has 1 aromatic rings. The summed E-state index contributed by atoms with van der Waals surface area (Å²) in [5.41, 5.74) is 3.01. The Labute approximate surface area is 97.4 Å². The number of rotatable bonds is 1. The Kier molecular flexibility index (Phi) is 3.63. The third-order valence-electron chi connectivity index (χ3n) is 2.80. The monoisotopic (exact) mass is 227 g/mol. The Bertz CT molecular complexity index is 349. The number of hydrogen-bond donors (Lipinski definition) is 1. The number of benzene rings is 1. The van der Waals surface area contributed by atoms with Crippen LogP contribution in [0.5, 0.6) is 5.75 Å². The molecule has 0 saturated carbocycles. The molecule has 1 aliphatic heterocycles. The van der Waals surface area contributed by atoms with E-state index in [-0.39, 0.29) is 17.9 Å². The van der Waals surface area contributed by atoms with E-state index < -0.39 is 0 Å². The summed E-state index contributed by atoms with van der Waals surface area (Å²) in [4.78, 5) is 0. The number of ether oxygens (including phenoxy) is 1. The molecule has 0 bridgehead atoms. The maximum Gasteiger partial charge on any atom is 0.119 e. The van der Waals surface area contributed by atoms with E-state index in [2.05, 4.69) is 31.3 Å². The highest BCUT2D eigenvalue weighted by molar-refractivity contribution is 5.85. The molecule has 0 atom stereocenters. The van der Waals surface area contributed by atoms with Crippen molar-refractivity contribution in [3.63, 3.8) is 0 Å². The Morgan fingerprint density at radius 1 is 1.27 bits per heavy atom. The third-order valence-corrected chi connectivity index (χ3v) is 2.80. The van der Waals surface area contributed by atoms with Gasteiger partial charge in [-0.15, -0.1) is 12.4 Å². The molecule has 0 fully saturated rings. The van der Waals surface area contributed by atoms with Crippen LogP contribution in [0.3, 0.4) is 0 Å². The van der Waals surface area contributed by atoms with Gasteiger partial charge in [0.15, 0.2) is 0 Å². The molecule has 0 amide bonds. The molecule has 0 aromatic heterocycles. The summed E-state index contributed by atoms with van der Waals surface area (Å²) in [6, 6.07) is 6.33. The fourth-order valence-electron chi connectivity index (χ4n) is 1.94. The van der Waals surface area contributed by atoms with Crippen LogP contribution in [0.2, 0.25) is 0 Å². The zero-order chi connectivity index (χ0) is 10.2. The average molecular weight is 228 g/mol. The summed E-state index contributed by atoms with van der Waals surface area (Å²) in [6.07, 6.45) is 1.07. The zero-order valence-corrected chi connectivity index (χ0v) is 10.3. The van der Waals surface area contributed by atoms with Crippen LogP contribution in [0.1, 0.15) is 25.0 Å². The lowest BCUT2D eigenvalue weighted by molar-refractivity contribution is 0.360. The molecule has 1 heterocycles. The topological polar surface area (TPSA) is 21.3 Å². The molecule has 0 saturated heterocycles. The summed E-state index contributed by atoms with van der Waals surface area (Å²) in [5.74, 6) is 0.960. The molecule has 0 radical (unpaired) electrons. The molecule has 0 unspecified atom stereocenters. The van der Waals surface area contributed by atoms with Gasteiger partial charge in [0, 0.05) is 12.1 Å². The summed E-state index contributed by atoms with van der Waals surface area (Å²) < 4.78 is 5.23. The lowest BCUT2D eigenvalue weighted by Gasteiger charge is -2.33. The molecule has 1 N–H and O–H groups in total. The predicted molar refractivity (Wildman–Crippen MR) is 64.9 cm³/mol. The first-order chi connectivity index (χ1) is 6.61. The smallest absolute Gasteiger partial charge is 0.119 e. The maximum absolute atomic E-state index is 5.23. The summed E-state index contributed by atoms with van der Waals surface area (Å²) >= 11 is 0. The normalized spacial score (nSPS) is 17.5. The summed E-state index contributed by atoms with van der Waals surface area (Å²) in [6.45, 7) is 5.43. The number of nitrogens with one attached hydrogen (secondary N) is 1. The first-order valence-electron chi connectivity index (χ1n) is 5.01. The number of halogens is 1. The van der Waals surface area contributed by atoms with Gasteiger partial charge < -0.3 is 10.1 Å². The van der Waals surface area contributed by atoms with Gasteiger partial charge in [0.1, 0.15) is 5.75 Å². The lowest BCUT2D eigenvalue weighted by atomic mass is 9.88. The molecule has 2 rings (SSSR count). The van der Waals surface area contributed by atoms with Crippen LogP contribution in [-0.4, -0.2) is 12.6 Å². The SMILES string of the molecule is COc1ccc2c(c1)CC(C)(C)NC2.Cl. The van der Waals surface area contributed by atoms with Crippen molar-refractivity contribution in [2.45, 2.75) is 32.4 Å². The zero-order valence-electron chi connectivity index (χ0n) is 9.46. The van der Waals surface area contributed by atoms with E-state index in [0.29, 0.717) is 0 Å². The molecule has 15 heavy (non-hydrogen) atoms. The molecule has 0 aliphatic carbocycles. The number of methoxy groups -OCH3 is 1. The minimum Gasteiger partial charge on any atom is -0.497 e. The molecule has 2 nitrogen and oxygen atoms in total. The lowest BCUT2D eigenvalue weighted by Crippen LogP contribution is -2.44. The predicted octanol–water partition coefficient (Wildman–Crippen LogP) is 2.54. The maximum atomic E-state index is 5.23. The van der Waals surface area contributed by atoms with Gasteiger partial charge in [0.05, 0.1) is 7.11 Å². The van der Waals surface area contributed by atoms with Crippen molar-refractivity contribution in [3.05, 3.63) is 29.3 Å². The van der Waals surface area contributed by atoms with Crippen molar-refractivity contribution in [2.75, 3.05) is 7.11 Å². The van der Waals surface area contributed by atoms with Crippen LogP contribution >= 0.6 is 12.4 Å². The van der Waals surface area contributed by atoms with Crippen molar-refractivity contribution in [3.8, 4) is 5.75 Å². The van der Waals surface area contributed by atoms with Gasteiger partial charge in [-0.3, -0.25) is 0 Å². The van der Waals surface area contributed by atoms with Crippen LogP contribution in [0, 0.1) is 0 Å². The molecule has 1 aromatic carbocycles. The van der Waals surface area contributed by atoms with E-state index in [1.54, 1.807) is 7.11 Å². The molecule has 3 heteroatoms. The first-order valence-corrected chi connectivity index (χ1v) is 5.01. The molecule has 84 valence electrons. The van der Waals surface area contributed by atoms with Gasteiger partial charge in [-0.2, -0.15) is 0 Å². The Morgan fingerprint density at radius 2 is 2.00 bits per heavy atom. The molecular formula is C12H18ClNO. The third kappa shape index (κ3) is 2.64. The molecule has 0 spiro atoms. The Morgan fingerprint density at radius 3 is 2.67 bits per heavy atom. The van der Waals surface area contributed by atoms with Crippen LogP contribution in [0.15, 0.2) is 18.2 Å². The summed E-state index contributed by atoms with van der Waals surface area (Å²) in [7, 11) is 1.72. The standard InChI is InChI=1S/C12H17NO.ClH/c1-12(2)7-10-6-11(14-3)5-4-9(10)8-13-12;/h4-6,13H,7-8H2,1-3H3;1H. The van der Waals surface area contributed by atoms with Gasteiger partial charge in [-0.05, 0) is 43.5 Å². The second-order valence-corrected chi connectivity index (χ2v) is 4.55. The van der Waals surface area contributed by atoms with E-state index in [1.807, 2.05) is 6.07 Å². The number of hydrogen-bond acceptors (Lipinski definition) is 2. The van der Waals surface area contributed by atoms with Gasteiger partial charge in [-0.1, -0.05) is 6.07 Å². The van der Waals surface area contributed by atoms with Crippen LogP contribution in [0.4, 0.5) is 0 Å². The van der Waals surface area contributed by atoms with E-state index in [1.165, 1.54) is 11.1 Å². The highest BCUT2D eigenvalue weighted by Crippen LogP contribution is 2.26. The number of fused-ring (bicyclic) bond motifs is 1. The minimum atomic E-state index is 0. The highest BCUT2D eigenvalue weighted by Gasteiger charge is 2.24. The van der Waals surface area contributed by atoms with Gasteiger partial charge in [-0.25, -0.2) is 0 Å². The Balaban J connectivity index is 0.00000112. The highest BCUT2D eigenvalue weighted by atomic mass is 35.5. The van der Waals surface area contributed by atoms with Gasteiger partial charge >= 0.3 is 0 Å². The second kappa shape index (κ2) is 4.42. The first kappa shape index (κ1) is 12.3. The van der Waals surface area contributed by atoms with E-state index >= 15 is 0 Å². The van der Waals surface area contributed by atoms with Gasteiger partial charge in [0.2, 0.25) is 0 Å². The van der Waals surface area contributed by atoms with E-state index in [0.717, 1.165) is 18.7 Å². The average Bonchev–Trinajstić information content (AvgIpc) is 2.15. The van der Waals surface area contributed by atoms with Crippen LogP contribution < -0.4 is 10.1 Å². The van der Waals surface area contributed by atoms with Crippen molar-refractivity contribution >= 4 is 12.4 Å². The largest absolute Gasteiger partial charge is 0.497 e. The fourth-order valence-corrected chi connectivity index (χ4v) is 1.94. The van der Waals surface area contributed by atoms with Gasteiger partial charge in [0.25, 0.3) is 0 Å². The molecular weight excluding hydrogens is 210 g/mol. The summed E-state index contributed by atoms with van der Waals surface area (Å²) in [5, 5.41) is 3.51. The van der Waals surface area contributed by atoms with E-state index in [4.69, 9.17) is 4.74 Å². The quantitative estimate of drug-likeness (QED) is 0.796.